The Morgan fingerprint density at radius 3 is 2.20 bits per heavy atom. The van der Waals surface area contributed by atoms with Crippen LogP contribution in [0.4, 0.5) is 0 Å². The van der Waals surface area contributed by atoms with Crippen molar-refractivity contribution in [3.05, 3.63) is 30.3 Å². The number of Topliss-reactive ketones (excluding diaryl/α,β-unsaturated/α-hetero) is 1. The van der Waals surface area contributed by atoms with Gasteiger partial charge in [0.15, 0.2) is 9.84 Å². The molecule has 3 nitrogen and oxygen atoms in total. The van der Waals surface area contributed by atoms with E-state index in [4.69, 9.17) is 0 Å². The van der Waals surface area contributed by atoms with E-state index in [9.17, 15) is 13.2 Å². The van der Waals surface area contributed by atoms with Gasteiger partial charge in [-0.05, 0) is 19.1 Å². The summed E-state index contributed by atoms with van der Waals surface area (Å²) in [5.74, 6) is -0.212. The van der Waals surface area contributed by atoms with Crippen LogP contribution in [-0.2, 0) is 14.6 Å². The fourth-order valence-corrected chi connectivity index (χ4v) is 2.39. The second kappa shape index (κ2) is 5.66. The van der Waals surface area contributed by atoms with Crippen LogP contribution in [0.1, 0.15) is 20.8 Å². The predicted octanol–water partition coefficient (Wildman–Crippen LogP) is 2.08. The molecule has 0 heterocycles. The van der Waals surface area contributed by atoms with Gasteiger partial charge in [0.25, 0.3) is 0 Å². The maximum absolute atomic E-state index is 11.6. The third kappa shape index (κ3) is 4.25. The lowest BCUT2D eigenvalue weighted by Gasteiger charge is -2.01. The van der Waals surface area contributed by atoms with Crippen molar-refractivity contribution in [3.8, 4) is 0 Å². The third-order valence-electron chi connectivity index (χ3n) is 1.83. The van der Waals surface area contributed by atoms with Gasteiger partial charge in [-0.1, -0.05) is 25.6 Å². The largest absolute Gasteiger partial charge is 0.300 e. The molecule has 0 aliphatic heterocycles. The summed E-state index contributed by atoms with van der Waals surface area (Å²) < 4.78 is 23.2. The highest BCUT2D eigenvalue weighted by atomic mass is 32.2. The van der Waals surface area contributed by atoms with Crippen LogP contribution in [0.15, 0.2) is 35.2 Å². The number of hydrogen-bond acceptors (Lipinski definition) is 3. The number of benzene rings is 1. The van der Waals surface area contributed by atoms with E-state index in [1.807, 2.05) is 0 Å². The van der Waals surface area contributed by atoms with Crippen LogP contribution in [0.3, 0.4) is 0 Å². The van der Waals surface area contributed by atoms with Crippen LogP contribution in [-0.4, -0.2) is 20.0 Å². The first-order chi connectivity index (χ1) is 6.52. The molecule has 0 bridgehead atoms. The van der Waals surface area contributed by atoms with Gasteiger partial charge in [0, 0.05) is 6.42 Å². The molecule has 0 N–H and O–H groups in total. The topological polar surface area (TPSA) is 51.2 Å². The molecule has 0 spiro atoms. The van der Waals surface area contributed by atoms with Crippen molar-refractivity contribution in [1.29, 1.82) is 0 Å². The molecule has 1 rings (SSSR count). The second-order valence-corrected chi connectivity index (χ2v) is 5.19. The fraction of sp³-hybridized carbons (Fsp3) is 0.364. The van der Waals surface area contributed by atoms with Gasteiger partial charge in [-0.3, -0.25) is 4.79 Å². The van der Waals surface area contributed by atoms with Crippen molar-refractivity contribution < 1.29 is 13.2 Å². The van der Waals surface area contributed by atoms with Gasteiger partial charge in [-0.25, -0.2) is 8.42 Å². The molecule has 0 unspecified atom stereocenters. The molecular weight excluding hydrogens is 212 g/mol. The first kappa shape index (κ1) is 13.8. The first-order valence-electron chi connectivity index (χ1n) is 4.29. The predicted molar refractivity (Wildman–Crippen MR) is 60.5 cm³/mol. The third-order valence-corrected chi connectivity index (χ3v) is 3.56. The van der Waals surface area contributed by atoms with Gasteiger partial charge < -0.3 is 0 Å². The monoisotopic (exact) mass is 228 g/mol. The zero-order chi connectivity index (χ0) is 10.6. The van der Waals surface area contributed by atoms with E-state index in [1.165, 1.54) is 19.1 Å². The maximum Gasteiger partial charge on any atom is 0.178 e. The molecule has 0 radical (unpaired) electrons. The number of ketones is 1. The van der Waals surface area contributed by atoms with E-state index in [0.717, 1.165) is 0 Å². The lowest BCUT2D eigenvalue weighted by atomic mass is 10.4. The summed E-state index contributed by atoms with van der Waals surface area (Å²) in [5, 5.41) is 0. The van der Waals surface area contributed by atoms with Crippen molar-refractivity contribution in [3.63, 3.8) is 0 Å². The van der Waals surface area contributed by atoms with Crippen LogP contribution >= 0.6 is 0 Å². The molecule has 84 valence electrons. The average Bonchev–Trinajstić information content (AvgIpc) is 2.16. The van der Waals surface area contributed by atoms with Gasteiger partial charge in [0.05, 0.1) is 10.6 Å². The molecule has 1 aromatic carbocycles. The number of carbonyl (C=O) groups excluding carboxylic acids is 1. The summed E-state index contributed by atoms with van der Waals surface area (Å²) in [6.45, 7) is 1.39. The van der Waals surface area contributed by atoms with E-state index in [2.05, 4.69) is 0 Å². The molecule has 0 fully saturated rings. The number of hydrogen-bond donors (Lipinski definition) is 0. The highest BCUT2D eigenvalue weighted by molar-refractivity contribution is 7.91. The van der Waals surface area contributed by atoms with Crippen molar-refractivity contribution in [2.45, 2.75) is 25.7 Å². The zero-order valence-electron chi connectivity index (χ0n) is 7.93. The minimum Gasteiger partial charge on any atom is -0.300 e. The van der Waals surface area contributed by atoms with Crippen LogP contribution in [0.2, 0.25) is 0 Å². The van der Waals surface area contributed by atoms with Crippen molar-refractivity contribution in [1.82, 2.24) is 0 Å². The lowest BCUT2D eigenvalue weighted by Crippen LogP contribution is -2.09. The minimum atomic E-state index is -3.28. The fourth-order valence-electron chi connectivity index (χ4n) is 1.02. The van der Waals surface area contributed by atoms with Crippen molar-refractivity contribution in [2.24, 2.45) is 0 Å². The number of carbonyl (C=O) groups is 1. The Kier molecular flexibility index (Phi) is 5.22. The Morgan fingerprint density at radius 2 is 1.73 bits per heavy atom. The van der Waals surface area contributed by atoms with Crippen LogP contribution in [0.25, 0.3) is 0 Å². The molecule has 0 aliphatic rings. The quantitative estimate of drug-likeness (QED) is 0.792. The van der Waals surface area contributed by atoms with E-state index < -0.39 is 9.84 Å². The lowest BCUT2D eigenvalue weighted by molar-refractivity contribution is -0.116. The van der Waals surface area contributed by atoms with Crippen LogP contribution < -0.4 is 0 Å². The highest BCUT2D eigenvalue weighted by Crippen LogP contribution is 2.10. The molecule has 15 heavy (non-hydrogen) atoms. The summed E-state index contributed by atoms with van der Waals surface area (Å²) in [7, 11) is -3.28. The second-order valence-electron chi connectivity index (χ2n) is 3.08. The first-order valence-corrected chi connectivity index (χ1v) is 5.95. The Morgan fingerprint density at radius 1 is 1.20 bits per heavy atom. The van der Waals surface area contributed by atoms with E-state index in [-0.39, 0.29) is 30.3 Å². The van der Waals surface area contributed by atoms with E-state index >= 15 is 0 Å². The van der Waals surface area contributed by atoms with Crippen LogP contribution in [0, 0.1) is 0 Å². The Labute approximate surface area is 91.0 Å². The summed E-state index contributed by atoms with van der Waals surface area (Å²) in [5.41, 5.74) is 0. The molecule has 4 heteroatoms. The summed E-state index contributed by atoms with van der Waals surface area (Å²) >= 11 is 0. The van der Waals surface area contributed by atoms with Crippen molar-refractivity contribution >= 4 is 15.6 Å². The molecule has 0 atom stereocenters. The zero-order valence-corrected chi connectivity index (χ0v) is 8.75. The SMILES string of the molecule is C.CC(=O)CCS(=O)(=O)c1ccccc1. The van der Waals surface area contributed by atoms with Crippen molar-refractivity contribution in [2.75, 3.05) is 5.75 Å². The highest BCUT2D eigenvalue weighted by Gasteiger charge is 2.13. The molecule has 0 aromatic heterocycles. The Bertz CT molecular complexity index is 407. The maximum atomic E-state index is 11.6. The number of sulfone groups is 1. The van der Waals surface area contributed by atoms with Gasteiger partial charge in [-0.2, -0.15) is 0 Å². The Balaban J connectivity index is 0.00000196. The van der Waals surface area contributed by atoms with Gasteiger partial charge in [-0.15, -0.1) is 0 Å². The standard InChI is InChI=1S/C10H12O3S.CH4/c1-9(11)7-8-14(12,13)10-5-3-2-4-6-10;/h2-6H,7-8H2,1H3;1H4. The summed E-state index contributed by atoms with van der Waals surface area (Å²) in [6, 6.07) is 8.16. The molecule has 0 saturated heterocycles. The molecule has 1 aromatic rings. The average molecular weight is 228 g/mol. The number of rotatable bonds is 4. The normalized spacial score (nSPS) is 10.5. The minimum absolute atomic E-state index is 0. The van der Waals surface area contributed by atoms with Gasteiger partial charge >= 0.3 is 0 Å². The van der Waals surface area contributed by atoms with E-state index in [0.29, 0.717) is 0 Å². The molecule has 0 aliphatic carbocycles. The molecule has 0 saturated carbocycles. The summed E-state index contributed by atoms with van der Waals surface area (Å²) in [4.78, 5) is 10.9. The summed E-state index contributed by atoms with van der Waals surface area (Å²) in [6.07, 6.45) is 0.0806. The molecule has 0 amide bonds. The molecular formula is C11H16O3S. The smallest absolute Gasteiger partial charge is 0.178 e. The Hall–Kier alpha value is -1.16. The van der Waals surface area contributed by atoms with Gasteiger partial charge in [0.2, 0.25) is 0 Å². The van der Waals surface area contributed by atoms with E-state index in [1.54, 1.807) is 18.2 Å². The van der Waals surface area contributed by atoms with Crippen LogP contribution in [0.5, 0.6) is 0 Å². The van der Waals surface area contributed by atoms with Gasteiger partial charge in [0.1, 0.15) is 5.78 Å².